The first-order valence-electron chi connectivity index (χ1n) is 10.3. The molecule has 0 amide bonds. The van der Waals surface area contributed by atoms with Crippen molar-refractivity contribution in [3.63, 3.8) is 0 Å². The van der Waals surface area contributed by atoms with Gasteiger partial charge in [0.15, 0.2) is 0 Å². The number of rotatable bonds is 4. The van der Waals surface area contributed by atoms with Crippen LogP contribution >= 0.6 is 0 Å². The largest absolute Gasteiger partial charge is 0.360 e. The molecule has 2 aliphatic rings. The molecule has 2 aliphatic heterocycles. The van der Waals surface area contributed by atoms with E-state index in [4.69, 9.17) is 0 Å². The molecule has 5 rings (SSSR count). The van der Waals surface area contributed by atoms with Crippen LogP contribution in [0.1, 0.15) is 25.3 Å². The summed E-state index contributed by atoms with van der Waals surface area (Å²) in [6.07, 6.45) is 12.7. The van der Waals surface area contributed by atoms with Crippen LogP contribution in [-0.4, -0.2) is 34.0 Å². The van der Waals surface area contributed by atoms with E-state index in [0.717, 1.165) is 48.3 Å². The minimum absolute atomic E-state index is 0.221. The maximum absolute atomic E-state index is 13.5. The third-order valence-electron chi connectivity index (χ3n) is 6.06. The average molecular weight is 385 g/mol. The molecule has 1 aromatic carbocycles. The minimum Gasteiger partial charge on any atom is -0.360 e. The third-order valence-corrected chi connectivity index (χ3v) is 6.06. The lowest BCUT2D eigenvalue weighted by atomic mass is 9.91. The molecule has 0 saturated heterocycles. The molecule has 0 aliphatic carbocycles. The van der Waals surface area contributed by atoms with Crippen LogP contribution in [0.4, 0.5) is 4.39 Å². The number of aromatic amines is 1. The smallest absolute Gasteiger partial charge is 0.123 e. The van der Waals surface area contributed by atoms with Gasteiger partial charge in [-0.25, -0.2) is 4.39 Å². The number of nitrogens with one attached hydrogen (secondary N) is 1. The lowest BCUT2D eigenvalue weighted by Crippen LogP contribution is -2.33. The number of aromatic nitrogens is 2. The van der Waals surface area contributed by atoms with Crippen LogP contribution in [0.2, 0.25) is 0 Å². The van der Waals surface area contributed by atoms with Gasteiger partial charge in [0.05, 0.1) is 5.69 Å². The predicted molar refractivity (Wildman–Crippen MR) is 116 cm³/mol. The van der Waals surface area contributed by atoms with Gasteiger partial charge >= 0.3 is 0 Å². The molecule has 3 aromatic rings. The Morgan fingerprint density at radius 1 is 1.07 bits per heavy atom. The van der Waals surface area contributed by atoms with E-state index in [2.05, 4.69) is 40.1 Å². The van der Waals surface area contributed by atoms with Gasteiger partial charge in [-0.3, -0.25) is 9.88 Å². The molecule has 1 atom stereocenters. The molecule has 0 radical (unpaired) electrons. The lowest BCUT2D eigenvalue weighted by Gasteiger charge is -2.28. The van der Waals surface area contributed by atoms with Gasteiger partial charge in [0.1, 0.15) is 5.82 Å². The van der Waals surface area contributed by atoms with Crippen molar-refractivity contribution in [1.82, 2.24) is 14.9 Å². The van der Waals surface area contributed by atoms with Crippen LogP contribution in [0, 0.1) is 5.82 Å². The molecule has 0 saturated carbocycles. The van der Waals surface area contributed by atoms with Crippen molar-refractivity contribution in [2.75, 3.05) is 13.1 Å². The summed E-state index contributed by atoms with van der Waals surface area (Å²) >= 11 is 0. The Hall–Kier alpha value is -2.98. The highest BCUT2D eigenvalue weighted by atomic mass is 19.1. The van der Waals surface area contributed by atoms with Gasteiger partial charge in [-0.2, -0.15) is 0 Å². The van der Waals surface area contributed by atoms with E-state index in [1.807, 2.05) is 36.7 Å². The van der Waals surface area contributed by atoms with Gasteiger partial charge < -0.3 is 4.98 Å². The Morgan fingerprint density at radius 3 is 2.62 bits per heavy atom. The molecule has 1 N–H and O–H groups in total. The maximum atomic E-state index is 13.5. The van der Waals surface area contributed by atoms with E-state index >= 15 is 0 Å². The second-order valence-electron chi connectivity index (χ2n) is 7.78. The van der Waals surface area contributed by atoms with Crippen LogP contribution in [0.25, 0.3) is 28.0 Å². The fourth-order valence-corrected chi connectivity index (χ4v) is 4.49. The second kappa shape index (κ2) is 7.45. The molecule has 4 heteroatoms. The van der Waals surface area contributed by atoms with Gasteiger partial charge in [0, 0.05) is 48.8 Å². The maximum Gasteiger partial charge on any atom is 0.123 e. The van der Waals surface area contributed by atoms with Crippen molar-refractivity contribution in [2.45, 2.75) is 25.8 Å². The molecular weight excluding hydrogens is 361 g/mol. The van der Waals surface area contributed by atoms with Crippen molar-refractivity contribution in [3.8, 4) is 22.4 Å². The zero-order valence-electron chi connectivity index (χ0n) is 16.5. The van der Waals surface area contributed by atoms with Crippen LogP contribution in [0.3, 0.4) is 0 Å². The molecule has 3 nitrogen and oxygen atoms in total. The Morgan fingerprint density at radius 2 is 1.86 bits per heavy atom. The fraction of sp³-hybridized carbons (Fsp3) is 0.240. The Balaban J connectivity index is 1.62. The highest BCUT2D eigenvalue weighted by Crippen LogP contribution is 2.40. The van der Waals surface area contributed by atoms with Gasteiger partial charge in [-0.15, -0.1) is 0 Å². The first-order chi connectivity index (χ1) is 14.2. The predicted octanol–water partition coefficient (Wildman–Crippen LogP) is 5.69. The SMILES string of the molecule is CCC1=CC2C=C(c3c[nH]c(-c4ccc(F)cc4)c3-c3ccncc3)CCN2C1. The molecule has 0 spiro atoms. The summed E-state index contributed by atoms with van der Waals surface area (Å²) in [7, 11) is 0. The number of H-pyrrole nitrogens is 1. The molecule has 146 valence electrons. The van der Waals surface area contributed by atoms with Crippen molar-refractivity contribution >= 4 is 5.57 Å². The van der Waals surface area contributed by atoms with E-state index in [-0.39, 0.29) is 5.82 Å². The number of hydrogen-bond donors (Lipinski definition) is 1. The van der Waals surface area contributed by atoms with Crippen LogP contribution < -0.4 is 0 Å². The number of hydrogen-bond acceptors (Lipinski definition) is 2. The van der Waals surface area contributed by atoms with E-state index < -0.39 is 0 Å². The monoisotopic (exact) mass is 385 g/mol. The van der Waals surface area contributed by atoms with Crippen molar-refractivity contribution in [3.05, 3.63) is 84.1 Å². The molecule has 0 bridgehead atoms. The fourth-order valence-electron chi connectivity index (χ4n) is 4.49. The zero-order valence-corrected chi connectivity index (χ0v) is 16.5. The summed E-state index contributed by atoms with van der Waals surface area (Å²) in [5.74, 6) is -0.221. The van der Waals surface area contributed by atoms with E-state index in [1.165, 1.54) is 28.8 Å². The van der Waals surface area contributed by atoms with Crippen LogP contribution in [0.15, 0.2) is 72.7 Å². The number of nitrogens with zero attached hydrogens (tertiary/aromatic N) is 2. The second-order valence-corrected chi connectivity index (χ2v) is 7.78. The molecular formula is C25H24FN3. The van der Waals surface area contributed by atoms with Crippen LogP contribution in [0.5, 0.6) is 0 Å². The van der Waals surface area contributed by atoms with Gasteiger partial charge in [0.2, 0.25) is 0 Å². The van der Waals surface area contributed by atoms with Crippen molar-refractivity contribution in [1.29, 1.82) is 0 Å². The molecule has 0 fully saturated rings. The number of fused-ring (bicyclic) bond motifs is 1. The van der Waals surface area contributed by atoms with Crippen molar-refractivity contribution in [2.24, 2.45) is 0 Å². The standard InChI is InChI=1S/C25H24FN3/c1-2-17-13-22-14-20(9-12-29(22)16-17)23-15-28-25(19-3-5-21(26)6-4-19)24(23)18-7-10-27-11-8-18/h3-8,10-11,13-15,22,28H,2,9,12,16H2,1H3. The summed E-state index contributed by atoms with van der Waals surface area (Å²) in [6.45, 7) is 4.40. The molecule has 2 aromatic heterocycles. The number of halogens is 1. The first-order valence-corrected chi connectivity index (χ1v) is 10.3. The Kier molecular flexibility index (Phi) is 4.64. The normalized spacial score (nSPS) is 19.0. The highest BCUT2D eigenvalue weighted by Gasteiger charge is 2.28. The topological polar surface area (TPSA) is 31.9 Å². The molecule has 4 heterocycles. The van der Waals surface area contributed by atoms with E-state index in [9.17, 15) is 4.39 Å². The summed E-state index contributed by atoms with van der Waals surface area (Å²) in [6, 6.07) is 11.2. The number of pyridine rings is 1. The first kappa shape index (κ1) is 18.1. The third kappa shape index (κ3) is 3.34. The van der Waals surface area contributed by atoms with Gasteiger partial charge in [-0.1, -0.05) is 24.6 Å². The van der Waals surface area contributed by atoms with Gasteiger partial charge in [-0.05, 0) is 65.9 Å². The van der Waals surface area contributed by atoms with E-state index in [0.29, 0.717) is 6.04 Å². The lowest BCUT2D eigenvalue weighted by molar-refractivity contribution is 0.300. The summed E-state index contributed by atoms with van der Waals surface area (Å²) < 4.78 is 13.5. The highest BCUT2D eigenvalue weighted by molar-refractivity contribution is 5.91. The molecule has 29 heavy (non-hydrogen) atoms. The quantitative estimate of drug-likeness (QED) is 0.585. The summed E-state index contributed by atoms with van der Waals surface area (Å²) in [5.41, 5.74) is 8.42. The van der Waals surface area contributed by atoms with Crippen molar-refractivity contribution < 1.29 is 4.39 Å². The Bertz CT molecular complexity index is 1080. The molecule has 1 unspecified atom stereocenters. The van der Waals surface area contributed by atoms with Crippen LogP contribution in [-0.2, 0) is 0 Å². The number of benzene rings is 1. The summed E-state index contributed by atoms with van der Waals surface area (Å²) in [5, 5.41) is 0. The zero-order chi connectivity index (χ0) is 19.8. The minimum atomic E-state index is -0.221. The Labute approximate surface area is 170 Å². The average Bonchev–Trinajstić information content (AvgIpc) is 3.38. The van der Waals surface area contributed by atoms with E-state index in [1.54, 1.807) is 0 Å². The van der Waals surface area contributed by atoms with Gasteiger partial charge in [0.25, 0.3) is 0 Å². The summed E-state index contributed by atoms with van der Waals surface area (Å²) in [4.78, 5) is 10.2.